The van der Waals surface area contributed by atoms with E-state index in [1.165, 1.54) is 76.5 Å². The maximum Gasteiger partial charge on any atom is -0.00928 e. The predicted octanol–water partition coefficient (Wildman–Crippen LogP) is 11.3. The first-order valence-corrected chi connectivity index (χ1v) is 13.9. The van der Waals surface area contributed by atoms with E-state index in [1.54, 1.807) is 0 Å². The maximum atomic E-state index is 2.37. The van der Waals surface area contributed by atoms with Gasteiger partial charge in [-0.25, -0.2) is 0 Å². The minimum atomic E-state index is 1.23. The largest absolute Gasteiger partial charge is 0.0616 e. The first-order valence-electron chi connectivity index (χ1n) is 13.9. The molecule has 40 heavy (non-hydrogen) atoms. The fourth-order valence-electron chi connectivity index (χ4n) is 6.28. The lowest BCUT2D eigenvalue weighted by Crippen LogP contribution is -1.86. The number of hydrogen-bond acceptors (Lipinski definition) is 0. The second kappa shape index (κ2) is 9.22. The summed E-state index contributed by atoms with van der Waals surface area (Å²) in [6.07, 6.45) is 0. The van der Waals surface area contributed by atoms with E-state index in [0.29, 0.717) is 0 Å². The highest BCUT2D eigenvalue weighted by Crippen LogP contribution is 2.38. The monoisotopic (exact) mass is 506 g/mol. The van der Waals surface area contributed by atoms with Crippen LogP contribution in [-0.2, 0) is 0 Å². The van der Waals surface area contributed by atoms with Gasteiger partial charge in [0.15, 0.2) is 0 Å². The van der Waals surface area contributed by atoms with Gasteiger partial charge in [-0.3, -0.25) is 0 Å². The molecular weight excluding hydrogens is 480 g/mol. The van der Waals surface area contributed by atoms with Crippen molar-refractivity contribution < 1.29 is 0 Å². The Morgan fingerprint density at radius 1 is 0.225 bits per heavy atom. The number of rotatable bonds is 3. The molecule has 0 saturated heterocycles. The minimum Gasteiger partial charge on any atom is -0.0616 e. The molecule has 0 atom stereocenters. The van der Waals surface area contributed by atoms with Gasteiger partial charge in [0.05, 0.1) is 0 Å². The SMILES string of the molecule is c1cc(-c2ccc(-c3cccc4ccccc34)cc2)cc(-c2ccc3c4ccccc4c4ccccc4c3c2)c1. The second-order valence-corrected chi connectivity index (χ2v) is 10.5. The van der Waals surface area contributed by atoms with Crippen molar-refractivity contribution in [2.45, 2.75) is 0 Å². The first-order chi connectivity index (χ1) is 19.8. The quantitative estimate of drug-likeness (QED) is 0.209. The van der Waals surface area contributed by atoms with E-state index in [4.69, 9.17) is 0 Å². The van der Waals surface area contributed by atoms with Gasteiger partial charge >= 0.3 is 0 Å². The van der Waals surface area contributed by atoms with Crippen molar-refractivity contribution in [1.82, 2.24) is 0 Å². The molecule has 0 heteroatoms. The van der Waals surface area contributed by atoms with Gasteiger partial charge < -0.3 is 0 Å². The molecular formula is C40H26. The van der Waals surface area contributed by atoms with Gasteiger partial charge in [0.1, 0.15) is 0 Å². The highest BCUT2D eigenvalue weighted by atomic mass is 14.1. The highest BCUT2D eigenvalue weighted by Gasteiger charge is 2.10. The van der Waals surface area contributed by atoms with Crippen molar-refractivity contribution >= 4 is 43.1 Å². The summed E-state index contributed by atoms with van der Waals surface area (Å²) in [5.41, 5.74) is 7.44. The van der Waals surface area contributed by atoms with E-state index >= 15 is 0 Å². The van der Waals surface area contributed by atoms with Crippen molar-refractivity contribution in [2.75, 3.05) is 0 Å². The van der Waals surface area contributed by atoms with Crippen LogP contribution in [0.15, 0.2) is 158 Å². The van der Waals surface area contributed by atoms with Gasteiger partial charge in [-0.15, -0.1) is 0 Å². The van der Waals surface area contributed by atoms with Crippen LogP contribution in [0.2, 0.25) is 0 Å². The molecule has 8 aromatic rings. The Morgan fingerprint density at radius 2 is 0.675 bits per heavy atom. The number of benzene rings is 8. The fraction of sp³-hybridized carbons (Fsp3) is 0. The lowest BCUT2D eigenvalue weighted by Gasteiger charge is -2.13. The van der Waals surface area contributed by atoms with Crippen LogP contribution < -0.4 is 0 Å². The summed E-state index contributed by atoms with van der Waals surface area (Å²) in [4.78, 5) is 0. The van der Waals surface area contributed by atoms with E-state index in [-0.39, 0.29) is 0 Å². The Hall–Kier alpha value is -5.20. The zero-order chi connectivity index (χ0) is 26.5. The van der Waals surface area contributed by atoms with Crippen molar-refractivity contribution in [3.05, 3.63) is 158 Å². The van der Waals surface area contributed by atoms with E-state index in [2.05, 4.69) is 158 Å². The Morgan fingerprint density at radius 3 is 1.38 bits per heavy atom. The summed E-state index contributed by atoms with van der Waals surface area (Å²) in [6.45, 7) is 0. The summed E-state index contributed by atoms with van der Waals surface area (Å²) in [7, 11) is 0. The molecule has 0 aliphatic heterocycles. The van der Waals surface area contributed by atoms with Crippen LogP contribution in [-0.4, -0.2) is 0 Å². The third kappa shape index (κ3) is 3.69. The summed E-state index contributed by atoms with van der Waals surface area (Å²) in [5.74, 6) is 0. The summed E-state index contributed by atoms with van der Waals surface area (Å²) >= 11 is 0. The Kier molecular flexibility index (Phi) is 5.24. The summed E-state index contributed by atoms with van der Waals surface area (Å²) < 4.78 is 0. The van der Waals surface area contributed by atoms with Crippen LogP contribution in [0.5, 0.6) is 0 Å². The molecule has 0 unspecified atom stereocenters. The van der Waals surface area contributed by atoms with E-state index in [0.717, 1.165) is 0 Å². The molecule has 0 fully saturated rings. The maximum absolute atomic E-state index is 2.37. The Balaban J connectivity index is 1.21. The standard InChI is InChI=1S/C40H26/c1-2-13-33-28(9-1)10-8-18-34(33)29-21-19-27(20-22-29)30-11-7-12-31(25-30)32-23-24-39-37-16-4-3-14-35(37)36-15-5-6-17-38(36)40(39)26-32/h1-26H. The normalized spacial score (nSPS) is 11.5. The molecule has 0 N–H and O–H groups in total. The Labute approximate surface area is 233 Å². The molecule has 0 aliphatic rings. The van der Waals surface area contributed by atoms with E-state index in [9.17, 15) is 0 Å². The van der Waals surface area contributed by atoms with Crippen molar-refractivity contribution in [2.24, 2.45) is 0 Å². The molecule has 0 saturated carbocycles. The summed E-state index contributed by atoms with van der Waals surface area (Å²) in [5, 5.41) is 10.4. The lowest BCUT2D eigenvalue weighted by molar-refractivity contribution is 1.59. The van der Waals surface area contributed by atoms with Gasteiger partial charge in [-0.2, -0.15) is 0 Å². The molecule has 0 nitrogen and oxygen atoms in total. The Bertz CT molecular complexity index is 2160. The van der Waals surface area contributed by atoms with Gasteiger partial charge in [-0.1, -0.05) is 146 Å². The third-order valence-electron chi connectivity index (χ3n) is 8.26. The van der Waals surface area contributed by atoms with Crippen LogP contribution in [0.25, 0.3) is 76.5 Å². The molecule has 186 valence electrons. The van der Waals surface area contributed by atoms with Crippen molar-refractivity contribution in [3.63, 3.8) is 0 Å². The smallest absolute Gasteiger partial charge is 0.00928 e. The average molecular weight is 507 g/mol. The van der Waals surface area contributed by atoms with E-state index in [1.807, 2.05) is 0 Å². The first kappa shape index (κ1) is 22.8. The second-order valence-electron chi connectivity index (χ2n) is 10.5. The van der Waals surface area contributed by atoms with Crippen LogP contribution >= 0.6 is 0 Å². The summed E-state index contributed by atoms with van der Waals surface area (Å²) in [6, 6.07) is 57.5. The zero-order valence-electron chi connectivity index (χ0n) is 22.0. The number of fused-ring (bicyclic) bond motifs is 7. The van der Waals surface area contributed by atoms with E-state index < -0.39 is 0 Å². The molecule has 0 amide bonds. The van der Waals surface area contributed by atoms with Gasteiger partial charge in [0.25, 0.3) is 0 Å². The highest BCUT2D eigenvalue weighted by molar-refractivity contribution is 6.25. The fourth-order valence-corrected chi connectivity index (χ4v) is 6.28. The predicted molar refractivity (Wildman–Crippen MR) is 173 cm³/mol. The average Bonchev–Trinajstić information content (AvgIpc) is 3.04. The minimum absolute atomic E-state index is 1.23. The third-order valence-corrected chi connectivity index (χ3v) is 8.26. The van der Waals surface area contributed by atoms with Gasteiger partial charge in [-0.05, 0) is 88.6 Å². The van der Waals surface area contributed by atoms with Gasteiger partial charge in [0.2, 0.25) is 0 Å². The molecule has 0 aromatic heterocycles. The molecule has 0 radical (unpaired) electrons. The van der Waals surface area contributed by atoms with Crippen LogP contribution in [0.4, 0.5) is 0 Å². The van der Waals surface area contributed by atoms with Crippen molar-refractivity contribution in [3.8, 4) is 33.4 Å². The molecule has 8 aromatic carbocycles. The molecule has 0 spiro atoms. The lowest BCUT2D eigenvalue weighted by atomic mass is 9.91. The molecule has 0 heterocycles. The molecule has 0 aliphatic carbocycles. The molecule has 0 bridgehead atoms. The topological polar surface area (TPSA) is 0 Å². The van der Waals surface area contributed by atoms with Crippen LogP contribution in [0.3, 0.4) is 0 Å². The van der Waals surface area contributed by atoms with Crippen LogP contribution in [0, 0.1) is 0 Å². The van der Waals surface area contributed by atoms with Gasteiger partial charge in [0, 0.05) is 0 Å². The van der Waals surface area contributed by atoms with Crippen molar-refractivity contribution in [1.29, 1.82) is 0 Å². The zero-order valence-corrected chi connectivity index (χ0v) is 22.0. The number of hydrogen-bond donors (Lipinski definition) is 0. The van der Waals surface area contributed by atoms with Crippen LogP contribution in [0.1, 0.15) is 0 Å². The molecule has 8 rings (SSSR count).